The molecule has 1 aliphatic rings. The summed E-state index contributed by atoms with van der Waals surface area (Å²) in [5.41, 5.74) is 3.03. The lowest BCUT2D eigenvalue weighted by Gasteiger charge is -2.36. The second-order valence-electron chi connectivity index (χ2n) is 9.28. The number of anilines is 1. The Bertz CT molecular complexity index is 1040. The molecule has 188 valence electrons. The molecule has 0 bridgehead atoms. The number of rotatable bonds is 10. The van der Waals surface area contributed by atoms with Gasteiger partial charge in [-0.15, -0.1) is 0 Å². The Kier molecular flexibility index (Phi) is 9.25. The lowest BCUT2D eigenvalue weighted by Crippen LogP contribution is -2.46. The molecule has 0 unspecified atom stereocenters. The highest BCUT2D eigenvalue weighted by molar-refractivity contribution is 5.92. The SMILES string of the molecule is O=C(Nc1ccccc1)C1CCN(C(=O)CN(CCCO)C(c2ccccc2)c2ccccc2)CC1. The first-order chi connectivity index (χ1) is 17.7. The van der Waals surface area contributed by atoms with Crippen LogP contribution in [0.4, 0.5) is 5.69 Å². The number of carbonyl (C=O) groups is 2. The molecule has 2 amide bonds. The monoisotopic (exact) mass is 485 g/mol. The Labute approximate surface area is 213 Å². The third-order valence-corrected chi connectivity index (χ3v) is 6.80. The number of aliphatic hydroxyl groups is 1. The molecular formula is C30H35N3O3. The van der Waals surface area contributed by atoms with E-state index in [9.17, 15) is 14.7 Å². The van der Waals surface area contributed by atoms with E-state index >= 15 is 0 Å². The fraction of sp³-hybridized carbons (Fsp3) is 0.333. The summed E-state index contributed by atoms with van der Waals surface area (Å²) < 4.78 is 0. The Morgan fingerprint density at radius 3 is 1.92 bits per heavy atom. The molecule has 3 aromatic carbocycles. The van der Waals surface area contributed by atoms with E-state index in [1.165, 1.54) is 0 Å². The highest BCUT2D eigenvalue weighted by Crippen LogP contribution is 2.29. The van der Waals surface area contributed by atoms with Crippen LogP contribution in [0.5, 0.6) is 0 Å². The van der Waals surface area contributed by atoms with Crippen molar-refractivity contribution in [2.45, 2.75) is 25.3 Å². The van der Waals surface area contributed by atoms with Gasteiger partial charge in [0.25, 0.3) is 0 Å². The van der Waals surface area contributed by atoms with E-state index in [1.807, 2.05) is 71.6 Å². The summed E-state index contributed by atoms with van der Waals surface area (Å²) in [6.45, 7) is 2.08. The van der Waals surface area contributed by atoms with Crippen molar-refractivity contribution in [1.29, 1.82) is 0 Å². The lowest BCUT2D eigenvalue weighted by atomic mass is 9.95. The molecule has 0 atom stereocenters. The van der Waals surface area contributed by atoms with Crippen molar-refractivity contribution in [3.05, 3.63) is 102 Å². The number of carbonyl (C=O) groups excluding carboxylic acids is 2. The number of benzene rings is 3. The fourth-order valence-corrected chi connectivity index (χ4v) is 4.89. The van der Waals surface area contributed by atoms with Crippen molar-refractivity contribution in [1.82, 2.24) is 9.80 Å². The topological polar surface area (TPSA) is 72.9 Å². The molecule has 0 radical (unpaired) electrons. The summed E-state index contributed by atoms with van der Waals surface area (Å²) >= 11 is 0. The molecule has 4 rings (SSSR count). The van der Waals surface area contributed by atoms with Gasteiger partial charge in [0.2, 0.25) is 11.8 Å². The quantitative estimate of drug-likeness (QED) is 0.448. The minimum Gasteiger partial charge on any atom is -0.396 e. The molecule has 36 heavy (non-hydrogen) atoms. The summed E-state index contributed by atoms with van der Waals surface area (Å²) in [6, 6.07) is 29.8. The molecule has 0 aliphatic carbocycles. The third kappa shape index (κ3) is 6.80. The molecule has 1 aliphatic heterocycles. The first kappa shape index (κ1) is 25.6. The van der Waals surface area contributed by atoms with E-state index in [4.69, 9.17) is 0 Å². The molecule has 6 heteroatoms. The maximum absolute atomic E-state index is 13.4. The molecule has 0 saturated carbocycles. The maximum Gasteiger partial charge on any atom is 0.236 e. The van der Waals surface area contributed by atoms with Crippen LogP contribution in [0.3, 0.4) is 0 Å². The first-order valence-corrected chi connectivity index (χ1v) is 12.7. The van der Waals surface area contributed by atoms with Crippen molar-refractivity contribution in [2.24, 2.45) is 5.92 Å². The van der Waals surface area contributed by atoms with Gasteiger partial charge < -0.3 is 15.3 Å². The largest absolute Gasteiger partial charge is 0.396 e. The van der Waals surface area contributed by atoms with Gasteiger partial charge in [-0.05, 0) is 42.5 Å². The van der Waals surface area contributed by atoms with E-state index in [0.717, 1.165) is 16.8 Å². The molecule has 1 heterocycles. The van der Waals surface area contributed by atoms with Gasteiger partial charge >= 0.3 is 0 Å². The van der Waals surface area contributed by atoms with Crippen molar-refractivity contribution in [2.75, 3.05) is 38.1 Å². The second-order valence-corrected chi connectivity index (χ2v) is 9.28. The summed E-state index contributed by atoms with van der Waals surface area (Å²) in [4.78, 5) is 30.2. The zero-order valence-electron chi connectivity index (χ0n) is 20.6. The Morgan fingerprint density at radius 2 is 1.39 bits per heavy atom. The number of amides is 2. The minimum atomic E-state index is -0.0962. The van der Waals surface area contributed by atoms with Gasteiger partial charge in [-0.2, -0.15) is 0 Å². The number of aliphatic hydroxyl groups excluding tert-OH is 1. The number of nitrogens with zero attached hydrogens (tertiary/aromatic N) is 2. The summed E-state index contributed by atoms with van der Waals surface area (Å²) in [5, 5.41) is 12.5. The number of piperidine rings is 1. The molecule has 1 saturated heterocycles. The maximum atomic E-state index is 13.4. The Morgan fingerprint density at radius 1 is 0.861 bits per heavy atom. The van der Waals surface area contributed by atoms with Crippen LogP contribution < -0.4 is 5.32 Å². The van der Waals surface area contributed by atoms with Crippen LogP contribution >= 0.6 is 0 Å². The van der Waals surface area contributed by atoms with Gasteiger partial charge in [0.15, 0.2) is 0 Å². The normalized spacial score (nSPS) is 14.2. The van der Waals surface area contributed by atoms with Crippen LogP contribution in [-0.2, 0) is 9.59 Å². The van der Waals surface area contributed by atoms with E-state index in [1.54, 1.807) is 0 Å². The van der Waals surface area contributed by atoms with Crippen molar-refractivity contribution in [3.8, 4) is 0 Å². The number of para-hydroxylation sites is 1. The molecule has 6 nitrogen and oxygen atoms in total. The smallest absolute Gasteiger partial charge is 0.236 e. The van der Waals surface area contributed by atoms with Gasteiger partial charge in [-0.3, -0.25) is 14.5 Å². The zero-order chi connectivity index (χ0) is 25.2. The van der Waals surface area contributed by atoms with Gasteiger partial charge in [0.05, 0.1) is 12.6 Å². The van der Waals surface area contributed by atoms with Crippen molar-refractivity contribution >= 4 is 17.5 Å². The number of hydrogen-bond acceptors (Lipinski definition) is 4. The Balaban J connectivity index is 1.42. The van der Waals surface area contributed by atoms with Gasteiger partial charge in [0.1, 0.15) is 0 Å². The second kappa shape index (κ2) is 13.0. The molecule has 3 aromatic rings. The van der Waals surface area contributed by atoms with Crippen LogP contribution in [0.25, 0.3) is 0 Å². The number of likely N-dealkylation sites (tertiary alicyclic amines) is 1. The van der Waals surface area contributed by atoms with Crippen LogP contribution in [0.1, 0.15) is 36.4 Å². The highest BCUT2D eigenvalue weighted by Gasteiger charge is 2.30. The van der Waals surface area contributed by atoms with E-state index in [0.29, 0.717) is 38.9 Å². The van der Waals surface area contributed by atoms with E-state index in [-0.39, 0.29) is 36.9 Å². The molecule has 0 aromatic heterocycles. The molecular weight excluding hydrogens is 450 g/mol. The van der Waals surface area contributed by atoms with Gasteiger partial charge in [0, 0.05) is 37.8 Å². The first-order valence-electron chi connectivity index (χ1n) is 12.7. The number of hydrogen-bond donors (Lipinski definition) is 2. The van der Waals surface area contributed by atoms with Crippen LogP contribution in [-0.4, -0.2) is 59.5 Å². The minimum absolute atomic E-state index is 0.0195. The predicted molar refractivity (Wildman–Crippen MR) is 142 cm³/mol. The zero-order valence-corrected chi connectivity index (χ0v) is 20.6. The predicted octanol–water partition coefficient (Wildman–Crippen LogP) is 4.34. The third-order valence-electron chi connectivity index (χ3n) is 6.80. The lowest BCUT2D eigenvalue weighted by molar-refractivity contribution is -0.136. The van der Waals surface area contributed by atoms with Crippen molar-refractivity contribution < 1.29 is 14.7 Å². The molecule has 2 N–H and O–H groups in total. The van der Waals surface area contributed by atoms with Crippen LogP contribution in [0.15, 0.2) is 91.0 Å². The van der Waals surface area contributed by atoms with Gasteiger partial charge in [-0.25, -0.2) is 0 Å². The summed E-state index contributed by atoms with van der Waals surface area (Å²) in [5.74, 6) is -0.0149. The van der Waals surface area contributed by atoms with Crippen LogP contribution in [0.2, 0.25) is 0 Å². The molecule has 0 spiro atoms. The summed E-state index contributed by atoms with van der Waals surface area (Å²) in [7, 11) is 0. The fourth-order valence-electron chi connectivity index (χ4n) is 4.89. The Hall–Kier alpha value is -3.48. The van der Waals surface area contributed by atoms with Crippen LogP contribution in [0, 0.1) is 5.92 Å². The number of nitrogens with one attached hydrogen (secondary N) is 1. The van der Waals surface area contributed by atoms with Crippen molar-refractivity contribution in [3.63, 3.8) is 0 Å². The summed E-state index contributed by atoms with van der Waals surface area (Å²) in [6.07, 6.45) is 1.90. The standard InChI is InChI=1S/C30H35N3O3/c34-22-10-19-33(29(24-11-4-1-5-12-24)25-13-6-2-7-14-25)23-28(35)32-20-17-26(18-21-32)30(36)31-27-15-8-3-9-16-27/h1-9,11-16,26,29,34H,10,17-23H2,(H,31,36). The van der Waals surface area contributed by atoms with E-state index in [2.05, 4.69) is 34.5 Å². The average Bonchev–Trinajstić information content (AvgIpc) is 2.93. The molecule has 1 fully saturated rings. The average molecular weight is 486 g/mol. The van der Waals surface area contributed by atoms with E-state index < -0.39 is 0 Å². The van der Waals surface area contributed by atoms with Gasteiger partial charge in [-0.1, -0.05) is 78.9 Å². The highest BCUT2D eigenvalue weighted by atomic mass is 16.3.